The zero-order valence-corrected chi connectivity index (χ0v) is 16.4. The van der Waals surface area contributed by atoms with Gasteiger partial charge in [-0.2, -0.15) is 0 Å². The van der Waals surface area contributed by atoms with Crippen molar-refractivity contribution < 1.29 is 0 Å². The molecule has 0 saturated carbocycles. The summed E-state index contributed by atoms with van der Waals surface area (Å²) in [5.74, 6) is 0.474. The van der Waals surface area contributed by atoms with Gasteiger partial charge < -0.3 is 0 Å². The lowest BCUT2D eigenvalue weighted by Gasteiger charge is -2.36. The zero-order valence-electron chi connectivity index (χ0n) is 14.2. The predicted octanol–water partition coefficient (Wildman–Crippen LogP) is 6.74. The van der Waals surface area contributed by atoms with Crippen LogP contribution in [0.2, 0.25) is 0 Å². The molecule has 0 heterocycles. The summed E-state index contributed by atoms with van der Waals surface area (Å²) >= 11 is 2.52. The molecule has 1 atom stereocenters. The van der Waals surface area contributed by atoms with Gasteiger partial charge in [-0.05, 0) is 71.5 Å². The number of benzene rings is 3. The van der Waals surface area contributed by atoms with Gasteiger partial charge in [0, 0.05) is 5.92 Å². The van der Waals surface area contributed by atoms with Gasteiger partial charge in [0.2, 0.25) is 0 Å². The van der Waals surface area contributed by atoms with E-state index in [4.69, 9.17) is 0 Å². The summed E-state index contributed by atoms with van der Waals surface area (Å²) < 4.78 is 1.45. The second-order valence-corrected chi connectivity index (χ2v) is 8.82. The molecule has 3 aliphatic carbocycles. The Balaban J connectivity index is 1.80. The lowest BCUT2D eigenvalue weighted by atomic mass is 9.65. The van der Waals surface area contributed by atoms with Crippen LogP contribution in [0.4, 0.5) is 0 Å². The maximum atomic E-state index is 2.52. The SMILES string of the molecule is IC1=CC=C2c3ccccc3C3(c4ccccc4-c4ccccc43)C2C1. The minimum atomic E-state index is -0.0553. The second kappa shape index (κ2) is 5.20. The number of hydrogen-bond acceptors (Lipinski definition) is 0. The summed E-state index contributed by atoms with van der Waals surface area (Å²) in [5.41, 5.74) is 10.1. The van der Waals surface area contributed by atoms with Crippen molar-refractivity contribution in [2.45, 2.75) is 11.8 Å². The molecule has 0 saturated heterocycles. The number of hydrogen-bond donors (Lipinski definition) is 0. The highest BCUT2D eigenvalue weighted by molar-refractivity contribution is 14.1. The minimum absolute atomic E-state index is 0.0553. The fourth-order valence-electron chi connectivity index (χ4n) is 5.53. The van der Waals surface area contributed by atoms with Gasteiger partial charge in [0.25, 0.3) is 0 Å². The van der Waals surface area contributed by atoms with Gasteiger partial charge in [0.1, 0.15) is 0 Å². The molecule has 0 amide bonds. The van der Waals surface area contributed by atoms with Crippen LogP contribution in [0.3, 0.4) is 0 Å². The van der Waals surface area contributed by atoms with Gasteiger partial charge in [-0.25, -0.2) is 0 Å². The summed E-state index contributed by atoms with van der Waals surface area (Å²) in [6, 6.07) is 27.2. The Kier molecular flexibility index (Phi) is 3.00. The van der Waals surface area contributed by atoms with Crippen LogP contribution >= 0.6 is 22.6 Å². The Bertz CT molecular complexity index is 1090. The van der Waals surface area contributed by atoms with Crippen LogP contribution in [0.5, 0.6) is 0 Å². The quantitative estimate of drug-likeness (QED) is 0.337. The van der Waals surface area contributed by atoms with Crippen LogP contribution < -0.4 is 0 Å². The fourth-order valence-corrected chi connectivity index (χ4v) is 6.15. The molecule has 3 aromatic carbocycles. The topological polar surface area (TPSA) is 0 Å². The molecule has 3 aromatic rings. The first-order valence-electron chi connectivity index (χ1n) is 9.17. The summed E-state index contributed by atoms with van der Waals surface area (Å²) in [6.45, 7) is 0. The van der Waals surface area contributed by atoms with E-state index in [2.05, 4.69) is 108 Å². The molecule has 26 heavy (non-hydrogen) atoms. The highest BCUT2D eigenvalue weighted by Crippen LogP contribution is 2.65. The molecule has 0 radical (unpaired) electrons. The van der Waals surface area contributed by atoms with Crippen molar-refractivity contribution in [3.63, 3.8) is 0 Å². The molecular weight excluding hydrogens is 427 g/mol. The van der Waals surface area contributed by atoms with E-state index < -0.39 is 0 Å². The number of rotatable bonds is 0. The first kappa shape index (κ1) is 15.0. The van der Waals surface area contributed by atoms with Crippen molar-refractivity contribution in [3.8, 4) is 11.1 Å². The van der Waals surface area contributed by atoms with Crippen LogP contribution in [0.25, 0.3) is 16.7 Å². The maximum Gasteiger partial charge on any atom is 0.0541 e. The summed E-state index contributed by atoms with van der Waals surface area (Å²) in [7, 11) is 0. The Morgan fingerprint density at radius 1 is 0.654 bits per heavy atom. The van der Waals surface area contributed by atoms with Crippen molar-refractivity contribution in [2.24, 2.45) is 5.92 Å². The Morgan fingerprint density at radius 2 is 1.15 bits per heavy atom. The minimum Gasteiger partial charge on any atom is -0.0619 e. The van der Waals surface area contributed by atoms with E-state index in [0.717, 1.165) is 6.42 Å². The number of allylic oxidation sites excluding steroid dienone is 4. The van der Waals surface area contributed by atoms with Crippen molar-refractivity contribution in [1.82, 2.24) is 0 Å². The Morgan fingerprint density at radius 3 is 1.77 bits per heavy atom. The van der Waals surface area contributed by atoms with Crippen LogP contribution in [0, 0.1) is 5.92 Å². The van der Waals surface area contributed by atoms with E-state index in [0.29, 0.717) is 5.92 Å². The molecule has 1 unspecified atom stereocenters. The van der Waals surface area contributed by atoms with E-state index in [1.165, 1.54) is 42.5 Å². The maximum absolute atomic E-state index is 2.52. The van der Waals surface area contributed by atoms with E-state index in [9.17, 15) is 0 Å². The van der Waals surface area contributed by atoms with Crippen LogP contribution in [-0.4, -0.2) is 0 Å². The predicted molar refractivity (Wildman–Crippen MR) is 116 cm³/mol. The molecule has 124 valence electrons. The zero-order chi connectivity index (χ0) is 17.3. The number of fused-ring (bicyclic) bond motifs is 10. The molecule has 0 bridgehead atoms. The first-order valence-corrected chi connectivity index (χ1v) is 10.2. The Hall–Kier alpha value is -2.13. The van der Waals surface area contributed by atoms with E-state index in [1.54, 1.807) is 0 Å². The molecule has 6 rings (SSSR count). The van der Waals surface area contributed by atoms with Crippen molar-refractivity contribution >= 4 is 28.2 Å². The standard InChI is InChI=1S/C25H17I/c26-16-13-14-20-19-9-3-6-12-23(19)25(24(20)15-16)21-10-4-1-7-17(21)18-8-2-5-11-22(18)25/h1-14,24H,15H2. The van der Waals surface area contributed by atoms with Gasteiger partial charge in [-0.1, -0.05) is 84.9 Å². The van der Waals surface area contributed by atoms with Crippen molar-refractivity contribution in [2.75, 3.05) is 0 Å². The van der Waals surface area contributed by atoms with Gasteiger partial charge in [0.15, 0.2) is 0 Å². The molecule has 0 aromatic heterocycles. The van der Waals surface area contributed by atoms with Gasteiger partial charge in [0.05, 0.1) is 5.41 Å². The molecule has 0 fully saturated rings. The molecule has 3 aliphatic rings. The third-order valence-corrected chi connectivity index (χ3v) is 7.20. The highest BCUT2D eigenvalue weighted by atomic mass is 127. The average Bonchev–Trinajstić information content (AvgIpc) is 3.15. The van der Waals surface area contributed by atoms with Crippen LogP contribution in [0.1, 0.15) is 28.7 Å². The van der Waals surface area contributed by atoms with E-state index >= 15 is 0 Å². The Labute approximate surface area is 167 Å². The molecular formula is C25H17I. The monoisotopic (exact) mass is 444 g/mol. The lowest BCUT2D eigenvalue weighted by Crippen LogP contribution is -2.32. The summed E-state index contributed by atoms with van der Waals surface area (Å²) in [4.78, 5) is 0. The highest BCUT2D eigenvalue weighted by Gasteiger charge is 2.56. The molecule has 1 heteroatoms. The molecule has 0 aliphatic heterocycles. The van der Waals surface area contributed by atoms with Crippen molar-refractivity contribution in [1.29, 1.82) is 0 Å². The molecule has 0 N–H and O–H groups in total. The van der Waals surface area contributed by atoms with Crippen LogP contribution in [-0.2, 0) is 5.41 Å². The normalized spacial score (nSPS) is 20.7. The average molecular weight is 444 g/mol. The fraction of sp³-hybridized carbons (Fsp3) is 0.120. The summed E-state index contributed by atoms with van der Waals surface area (Å²) in [5, 5.41) is 0. The van der Waals surface area contributed by atoms with E-state index in [1.807, 2.05) is 0 Å². The van der Waals surface area contributed by atoms with Gasteiger partial charge in [-0.15, -0.1) is 0 Å². The van der Waals surface area contributed by atoms with Crippen LogP contribution in [0.15, 0.2) is 88.5 Å². The first-order chi connectivity index (χ1) is 12.8. The largest absolute Gasteiger partial charge is 0.0619 e. The smallest absolute Gasteiger partial charge is 0.0541 e. The third kappa shape index (κ3) is 1.65. The van der Waals surface area contributed by atoms with Crippen molar-refractivity contribution in [3.05, 3.63) is 111 Å². The molecule has 0 nitrogen and oxygen atoms in total. The van der Waals surface area contributed by atoms with Gasteiger partial charge >= 0.3 is 0 Å². The lowest BCUT2D eigenvalue weighted by molar-refractivity contribution is 0.493. The molecule has 1 spiro atoms. The van der Waals surface area contributed by atoms with E-state index in [-0.39, 0.29) is 5.41 Å². The summed E-state index contributed by atoms with van der Waals surface area (Å²) in [6.07, 6.45) is 5.78. The third-order valence-electron chi connectivity index (χ3n) is 6.40. The number of halogens is 1. The second-order valence-electron chi connectivity index (χ2n) is 7.44. The van der Waals surface area contributed by atoms with Gasteiger partial charge in [-0.3, -0.25) is 0 Å².